The summed E-state index contributed by atoms with van der Waals surface area (Å²) in [7, 11) is 2.02. The Morgan fingerprint density at radius 3 is 2.53 bits per heavy atom. The van der Waals surface area contributed by atoms with Crippen molar-refractivity contribution in [3.8, 4) is 11.3 Å². The molecule has 0 saturated carbocycles. The molecule has 0 unspecified atom stereocenters. The van der Waals surface area contributed by atoms with Gasteiger partial charge in [-0.05, 0) is 43.3 Å². The van der Waals surface area contributed by atoms with E-state index >= 15 is 0 Å². The van der Waals surface area contributed by atoms with E-state index in [0.29, 0.717) is 6.42 Å². The molecule has 1 aromatic heterocycles. The number of hydrogen-bond donors (Lipinski definition) is 0. The Labute approximate surface area is 119 Å². The Hall–Kier alpha value is -1.63. The van der Waals surface area contributed by atoms with Crippen molar-refractivity contribution in [2.24, 2.45) is 13.0 Å². The van der Waals surface area contributed by atoms with Crippen molar-refractivity contribution >= 4 is 0 Å². The topological polar surface area (TPSA) is 3.88 Å². The second-order valence-electron chi connectivity index (χ2n) is 5.38. The van der Waals surface area contributed by atoms with E-state index in [9.17, 15) is 0 Å². The van der Waals surface area contributed by atoms with Gasteiger partial charge in [0.05, 0.1) is 0 Å². The third-order valence-electron chi connectivity index (χ3n) is 3.33. The lowest BCUT2D eigenvalue weighted by atomic mass is 10.0. The second-order valence-corrected chi connectivity index (χ2v) is 5.38. The molecule has 1 heteroatoms. The van der Waals surface area contributed by atoms with Crippen LogP contribution in [0.25, 0.3) is 11.3 Å². The van der Waals surface area contributed by atoms with Crippen molar-refractivity contribution in [1.29, 1.82) is 0 Å². The molecule has 0 aliphatic heterocycles. The maximum Gasteiger partial charge on any atom is 0.212 e. The Bertz CT molecular complexity index is 633. The molecule has 0 N–H and O–H groups in total. The minimum Gasteiger partial charge on any atom is -0.201 e. The molecule has 100 valence electrons. The lowest BCUT2D eigenvalue weighted by Crippen LogP contribution is -2.31. The van der Waals surface area contributed by atoms with Crippen LogP contribution in [0.3, 0.4) is 0 Å². The number of aryl methyl sites for hydroxylation is 3. The molecule has 0 bridgehead atoms. The Morgan fingerprint density at radius 1 is 1.16 bits per heavy atom. The molecule has 0 spiro atoms. The molecule has 0 aliphatic carbocycles. The van der Waals surface area contributed by atoms with Crippen LogP contribution in [0.4, 0.5) is 0 Å². The van der Waals surface area contributed by atoms with Gasteiger partial charge in [-0.1, -0.05) is 32.0 Å². The van der Waals surface area contributed by atoms with E-state index in [1.54, 1.807) is 0 Å². The van der Waals surface area contributed by atoms with Gasteiger partial charge >= 0.3 is 0 Å². The predicted octanol–water partition coefficient (Wildman–Crippen LogP) is 4.08. The number of hydrogen-bond acceptors (Lipinski definition) is 0. The summed E-state index contributed by atoms with van der Waals surface area (Å²) < 4.78 is 18.3. The fourth-order valence-electron chi connectivity index (χ4n) is 2.23. The number of rotatable bonds is 4. The molecule has 2 rings (SSSR count). The first kappa shape index (κ1) is 11.2. The van der Waals surface area contributed by atoms with Gasteiger partial charge in [-0.2, -0.15) is 0 Å². The average Bonchev–Trinajstić information content (AvgIpc) is 2.39. The van der Waals surface area contributed by atoms with Gasteiger partial charge in [0.15, 0.2) is 6.20 Å². The van der Waals surface area contributed by atoms with Gasteiger partial charge in [0, 0.05) is 19.9 Å². The number of nitrogens with zero attached hydrogens (tertiary/aromatic N) is 1. The highest BCUT2D eigenvalue weighted by atomic mass is 14.9. The lowest BCUT2D eigenvalue weighted by molar-refractivity contribution is -0.660. The van der Waals surface area contributed by atoms with Crippen molar-refractivity contribution in [2.75, 3.05) is 0 Å². The van der Waals surface area contributed by atoms with Gasteiger partial charge in [0.25, 0.3) is 0 Å². The van der Waals surface area contributed by atoms with E-state index in [2.05, 4.69) is 29.7 Å². The molecule has 19 heavy (non-hydrogen) atoms. The highest BCUT2D eigenvalue weighted by Crippen LogP contribution is 2.20. The van der Waals surface area contributed by atoms with Crippen molar-refractivity contribution in [3.05, 3.63) is 53.7 Å². The first-order valence-corrected chi connectivity index (χ1v) is 6.86. The summed E-state index contributed by atoms with van der Waals surface area (Å²) in [6.07, 6.45) is 1.33. The fourth-order valence-corrected chi connectivity index (χ4v) is 2.23. The molecule has 0 saturated heterocycles. The van der Waals surface area contributed by atoms with Crippen molar-refractivity contribution in [3.63, 3.8) is 0 Å². The normalized spacial score (nSPS) is 13.3. The minimum absolute atomic E-state index is 0.0128. The zero-order valence-corrected chi connectivity index (χ0v) is 12.3. The first-order chi connectivity index (χ1) is 9.81. The van der Waals surface area contributed by atoms with Crippen LogP contribution in [0.2, 0.25) is 0 Å². The summed E-state index contributed by atoms with van der Waals surface area (Å²) in [5.41, 5.74) is 4.66. The van der Waals surface area contributed by atoms with Gasteiger partial charge in [0.2, 0.25) is 5.69 Å². The standard InChI is InChI=1S/C18H24N/c1-14(2)9-10-16-11-12-18(19(4)13-16)17-8-6-5-7-15(17)3/h5-8,11-14H,9-10H2,1-4H3/q+1/i9D2. The lowest BCUT2D eigenvalue weighted by Gasteiger charge is -2.07. The maximum atomic E-state index is 8.10. The van der Waals surface area contributed by atoms with Gasteiger partial charge in [-0.15, -0.1) is 0 Å². The van der Waals surface area contributed by atoms with E-state index in [4.69, 9.17) is 2.74 Å². The van der Waals surface area contributed by atoms with E-state index in [1.807, 2.05) is 45.3 Å². The number of pyridine rings is 1. The van der Waals surface area contributed by atoms with E-state index in [0.717, 1.165) is 11.3 Å². The Balaban J connectivity index is 2.33. The monoisotopic (exact) mass is 256 g/mol. The molecule has 1 aromatic carbocycles. The van der Waals surface area contributed by atoms with Crippen LogP contribution >= 0.6 is 0 Å². The summed E-state index contributed by atoms with van der Waals surface area (Å²) in [5.74, 6) is 0.0128. The van der Waals surface area contributed by atoms with E-state index < -0.39 is 6.37 Å². The fraction of sp³-hybridized carbons (Fsp3) is 0.389. The van der Waals surface area contributed by atoms with Crippen molar-refractivity contribution in [2.45, 2.75) is 33.6 Å². The van der Waals surface area contributed by atoms with E-state index in [1.165, 1.54) is 11.1 Å². The summed E-state index contributed by atoms with van der Waals surface area (Å²) in [6, 6.07) is 12.5. The highest BCUT2D eigenvalue weighted by Gasteiger charge is 2.12. The molecule has 0 amide bonds. The molecule has 0 radical (unpaired) electrons. The smallest absolute Gasteiger partial charge is 0.201 e. The van der Waals surface area contributed by atoms with Crippen LogP contribution in [0.5, 0.6) is 0 Å². The zero-order valence-electron chi connectivity index (χ0n) is 14.3. The summed E-state index contributed by atoms with van der Waals surface area (Å²) >= 11 is 0. The zero-order chi connectivity index (χ0) is 15.6. The molecule has 0 fully saturated rings. The SMILES string of the molecule is [2H]C([2H])(Cc1ccc(-c2ccccc2C)[n+](C)c1)C(C)C. The molecule has 1 nitrogen and oxygen atoms in total. The van der Waals surface area contributed by atoms with Crippen LogP contribution in [0.15, 0.2) is 42.6 Å². The second kappa shape index (κ2) is 6.01. The molecule has 1 heterocycles. The van der Waals surface area contributed by atoms with Crippen LogP contribution in [0, 0.1) is 12.8 Å². The first-order valence-electron chi connectivity index (χ1n) is 7.86. The maximum absolute atomic E-state index is 8.10. The molecular weight excluding hydrogens is 230 g/mol. The Kier molecular flexibility index (Phi) is 3.55. The Morgan fingerprint density at radius 2 is 1.89 bits per heavy atom. The largest absolute Gasteiger partial charge is 0.212 e. The minimum atomic E-state index is -1.17. The highest BCUT2D eigenvalue weighted by molar-refractivity contribution is 5.60. The van der Waals surface area contributed by atoms with Gasteiger partial charge in [-0.25, -0.2) is 4.57 Å². The van der Waals surface area contributed by atoms with Crippen LogP contribution < -0.4 is 4.57 Å². The van der Waals surface area contributed by atoms with Crippen molar-refractivity contribution < 1.29 is 7.31 Å². The van der Waals surface area contributed by atoms with Crippen LogP contribution in [-0.2, 0) is 13.5 Å². The molecule has 0 atom stereocenters. The van der Waals surface area contributed by atoms with Gasteiger partial charge in [-0.3, -0.25) is 0 Å². The number of aromatic nitrogens is 1. The summed E-state index contributed by atoms with van der Waals surface area (Å²) in [4.78, 5) is 0. The third kappa shape index (κ3) is 3.44. The third-order valence-corrected chi connectivity index (χ3v) is 3.33. The average molecular weight is 256 g/mol. The molecular formula is C18H24N+. The predicted molar refractivity (Wildman–Crippen MR) is 81.0 cm³/mol. The molecule has 0 aliphatic rings. The summed E-state index contributed by atoms with van der Waals surface area (Å²) in [5, 5.41) is 0. The van der Waals surface area contributed by atoms with Crippen LogP contribution in [-0.4, -0.2) is 0 Å². The molecule has 2 aromatic rings. The van der Waals surface area contributed by atoms with Gasteiger partial charge in [0.1, 0.15) is 7.05 Å². The van der Waals surface area contributed by atoms with Crippen molar-refractivity contribution in [1.82, 2.24) is 0 Å². The van der Waals surface area contributed by atoms with E-state index in [-0.39, 0.29) is 5.92 Å². The summed E-state index contributed by atoms with van der Waals surface area (Å²) in [6.45, 7) is 5.98. The van der Waals surface area contributed by atoms with Crippen LogP contribution in [0.1, 0.15) is 34.1 Å². The quantitative estimate of drug-likeness (QED) is 0.726. The van der Waals surface area contributed by atoms with Gasteiger partial charge < -0.3 is 0 Å². The number of benzene rings is 1.